The fraction of sp³-hybridized carbons (Fsp3) is 0.308. The maximum absolute atomic E-state index is 12.4. The van der Waals surface area contributed by atoms with Crippen LogP contribution < -0.4 is 4.74 Å². The fourth-order valence-corrected chi connectivity index (χ4v) is 1.76. The first-order valence-electron chi connectivity index (χ1n) is 6.17. The van der Waals surface area contributed by atoms with Crippen molar-refractivity contribution in [3.05, 3.63) is 41.3 Å². The molecule has 2 rings (SSSR count). The van der Waals surface area contributed by atoms with E-state index in [9.17, 15) is 13.6 Å². The number of carboxylic acids is 1. The molecule has 0 atom stereocenters. The molecular formula is C13H13F2N3O3. The van der Waals surface area contributed by atoms with Crippen molar-refractivity contribution in [2.24, 2.45) is 0 Å². The number of aromatic nitrogens is 3. The molecule has 0 radical (unpaired) electrons. The van der Waals surface area contributed by atoms with Crippen LogP contribution in [0.5, 0.6) is 5.88 Å². The normalized spacial score (nSPS) is 10.9. The molecule has 0 unspecified atom stereocenters. The molecule has 6 nitrogen and oxygen atoms in total. The van der Waals surface area contributed by atoms with E-state index in [1.54, 1.807) is 0 Å². The maximum Gasteiger partial charge on any atom is 0.339 e. The number of hydrogen-bond donors (Lipinski definition) is 1. The number of alkyl halides is 2. The number of carbonyl (C=O) groups is 1. The van der Waals surface area contributed by atoms with Gasteiger partial charge >= 0.3 is 5.97 Å². The summed E-state index contributed by atoms with van der Waals surface area (Å²) in [6, 6.07) is 2.52. The molecule has 0 bridgehead atoms. The number of carboxylic acid groups (broad SMARTS) is 1. The van der Waals surface area contributed by atoms with Gasteiger partial charge in [-0.15, -0.1) is 0 Å². The van der Waals surface area contributed by atoms with Gasteiger partial charge in [0.15, 0.2) is 0 Å². The van der Waals surface area contributed by atoms with E-state index in [0.29, 0.717) is 12.2 Å². The summed E-state index contributed by atoms with van der Waals surface area (Å²) in [5.41, 5.74) is 0.234. The van der Waals surface area contributed by atoms with E-state index in [2.05, 4.69) is 10.1 Å². The van der Waals surface area contributed by atoms with Gasteiger partial charge in [0.05, 0.1) is 11.9 Å². The fourth-order valence-electron chi connectivity index (χ4n) is 1.76. The van der Waals surface area contributed by atoms with Gasteiger partial charge in [-0.25, -0.2) is 18.6 Å². The van der Waals surface area contributed by atoms with Crippen LogP contribution in [-0.2, 0) is 13.2 Å². The van der Waals surface area contributed by atoms with Crippen molar-refractivity contribution in [2.45, 2.75) is 26.5 Å². The van der Waals surface area contributed by atoms with Crippen molar-refractivity contribution in [1.82, 2.24) is 14.8 Å². The van der Waals surface area contributed by atoms with Crippen molar-refractivity contribution < 1.29 is 23.4 Å². The molecule has 2 aromatic rings. The minimum atomic E-state index is -2.59. The maximum atomic E-state index is 12.4. The molecule has 0 spiro atoms. The van der Waals surface area contributed by atoms with Gasteiger partial charge in [-0.3, -0.25) is 4.68 Å². The Morgan fingerprint density at radius 3 is 2.71 bits per heavy atom. The summed E-state index contributed by atoms with van der Waals surface area (Å²) in [4.78, 5) is 14.8. The molecule has 0 aromatic carbocycles. The van der Waals surface area contributed by atoms with Gasteiger partial charge in [0.25, 0.3) is 6.43 Å². The van der Waals surface area contributed by atoms with E-state index in [4.69, 9.17) is 9.84 Å². The molecular weight excluding hydrogens is 284 g/mol. The SMILES string of the molecule is CCn1ncc(C(=O)O)c1COc1ccc(C(F)F)cn1. The Balaban J connectivity index is 2.12. The quantitative estimate of drug-likeness (QED) is 0.886. The van der Waals surface area contributed by atoms with Crippen LogP contribution in [0.1, 0.15) is 35.0 Å². The number of halogens is 2. The molecule has 1 N–H and O–H groups in total. The second-order valence-electron chi connectivity index (χ2n) is 4.14. The molecule has 2 aromatic heterocycles. The average Bonchev–Trinajstić information content (AvgIpc) is 2.88. The van der Waals surface area contributed by atoms with Crippen molar-refractivity contribution in [3.63, 3.8) is 0 Å². The van der Waals surface area contributed by atoms with E-state index in [1.807, 2.05) is 6.92 Å². The third kappa shape index (κ3) is 3.33. The molecule has 0 fully saturated rings. The zero-order valence-electron chi connectivity index (χ0n) is 11.2. The smallest absolute Gasteiger partial charge is 0.339 e. The van der Waals surface area contributed by atoms with Crippen LogP contribution in [0, 0.1) is 0 Å². The largest absolute Gasteiger partial charge is 0.478 e. The topological polar surface area (TPSA) is 77.2 Å². The van der Waals surface area contributed by atoms with E-state index < -0.39 is 12.4 Å². The van der Waals surface area contributed by atoms with Gasteiger partial charge in [-0.1, -0.05) is 0 Å². The summed E-state index contributed by atoms with van der Waals surface area (Å²) in [5, 5.41) is 13.0. The van der Waals surface area contributed by atoms with Gasteiger partial charge in [0, 0.05) is 24.4 Å². The summed E-state index contributed by atoms with van der Waals surface area (Å²) in [6.07, 6.45) is -0.320. The van der Waals surface area contributed by atoms with E-state index in [0.717, 1.165) is 6.20 Å². The molecule has 0 aliphatic carbocycles. The van der Waals surface area contributed by atoms with Gasteiger partial charge in [0.1, 0.15) is 12.2 Å². The van der Waals surface area contributed by atoms with Gasteiger partial charge in [0.2, 0.25) is 5.88 Å². The molecule has 112 valence electrons. The molecule has 8 heteroatoms. The number of hydrogen-bond acceptors (Lipinski definition) is 4. The minimum Gasteiger partial charge on any atom is -0.478 e. The van der Waals surface area contributed by atoms with Crippen molar-refractivity contribution in [3.8, 4) is 5.88 Å². The lowest BCUT2D eigenvalue weighted by Crippen LogP contribution is -2.10. The Labute approximate surface area is 119 Å². The highest BCUT2D eigenvalue weighted by Crippen LogP contribution is 2.20. The van der Waals surface area contributed by atoms with Crippen LogP contribution >= 0.6 is 0 Å². The Morgan fingerprint density at radius 1 is 1.43 bits per heavy atom. The van der Waals surface area contributed by atoms with Crippen LogP contribution in [0.15, 0.2) is 24.5 Å². The van der Waals surface area contributed by atoms with Gasteiger partial charge in [-0.05, 0) is 13.0 Å². The minimum absolute atomic E-state index is 0.0426. The number of nitrogens with zero attached hydrogens (tertiary/aromatic N) is 3. The Bertz CT molecular complexity index is 626. The first kappa shape index (κ1) is 14.9. The summed E-state index contributed by atoms with van der Waals surface area (Å²) in [7, 11) is 0. The molecule has 0 saturated heterocycles. The zero-order valence-corrected chi connectivity index (χ0v) is 11.2. The lowest BCUT2D eigenvalue weighted by molar-refractivity contribution is 0.0693. The number of rotatable bonds is 6. The molecule has 21 heavy (non-hydrogen) atoms. The second-order valence-corrected chi connectivity index (χ2v) is 4.14. The summed E-state index contributed by atoms with van der Waals surface area (Å²) in [6.45, 7) is 2.25. The molecule has 0 saturated carbocycles. The summed E-state index contributed by atoms with van der Waals surface area (Å²) in [5.74, 6) is -0.964. The molecule has 0 aliphatic rings. The van der Waals surface area contributed by atoms with E-state index in [-0.39, 0.29) is 23.6 Å². The Hall–Kier alpha value is -2.51. The van der Waals surface area contributed by atoms with Gasteiger partial charge < -0.3 is 9.84 Å². The summed E-state index contributed by atoms with van der Waals surface area (Å²) < 4.78 is 31.6. The van der Waals surface area contributed by atoms with Crippen molar-refractivity contribution in [2.75, 3.05) is 0 Å². The summed E-state index contributed by atoms with van der Waals surface area (Å²) >= 11 is 0. The average molecular weight is 297 g/mol. The predicted molar refractivity (Wildman–Crippen MR) is 68.4 cm³/mol. The van der Waals surface area contributed by atoms with E-state index >= 15 is 0 Å². The molecule has 0 amide bonds. The third-order valence-corrected chi connectivity index (χ3v) is 2.85. The second kappa shape index (κ2) is 6.29. The van der Waals surface area contributed by atoms with Crippen LogP contribution in [0.4, 0.5) is 8.78 Å². The number of ether oxygens (including phenoxy) is 1. The van der Waals surface area contributed by atoms with Crippen LogP contribution in [-0.4, -0.2) is 25.8 Å². The van der Waals surface area contributed by atoms with Crippen LogP contribution in [0.2, 0.25) is 0 Å². The van der Waals surface area contributed by atoms with Crippen molar-refractivity contribution >= 4 is 5.97 Å². The zero-order chi connectivity index (χ0) is 15.4. The highest BCUT2D eigenvalue weighted by Gasteiger charge is 2.17. The highest BCUT2D eigenvalue weighted by atomic mass is 19.3. The van der Waals surface area contributed by atoms with Crippen molar-refractivity contribution in [1.29, 1.82) is 0 Å². The molecule has 2 heterocycles. The number of pyridine rings is 1. The Morgan fingerprint density at radius 2 is 2.19 bits per heavy atom. The first-order valence-corrected chi connectivity index (χ1v) is 6.17. The number of aromatic carboxylic acids is 1. The highest BCUT2D eigenvalue weighted by molar-refractivity contribution is 5.88. The standard InChI is InChI=1S/C13H13F2N3O3/c1-2-18-10(9(6-17-18)13(19)20)7-21-11-4-3-8(5-16-11)12(14)15/h3-6,12H,2,7H2,1H3,(H,19,20). The van der Waals surface area contributed by atoms with Gasteiger partial charge in [-0.2, -0.15) is 5.10 Å². The molecule has 0 aliphatic heterocycles. The number of aryl methyl sites for hydroxylation is 1. The Kier molecular flexibility index (Phi) is 4.46. The van der Waals surface area contributed by atoms with Crippen LogP contribution in [0.3, 0.4) is 0 Å². The third-order valence-electron chi connectivity index (χ3n) is 2.85. The van der Waals surface area contributed by atoms with E-state index in [1.165, 1.54) is 23.0 Å². The van der Waals surface area contributed by atoms with Crippen LogP contribution in [0.25, 0.3) is 0 Å². The lowest BCUT2D eigenvalue weighted by Gasteiger charge is -2.08. The monoisotopic (exact) mass is 297 g/mol. The predicted octanol–water partition coefficient (Wildman–Crippen LogP) is 2.51. The lowest BCUT2D eigenvalue weighted by atomic mass is 10.2. The first-order chi connectivity index (χ1) is 10.0.